The van der Waals surface area contributed by atoms with Gasteiger partial charge in [0.15, 0.2) is 17.4 Å². The predicted molar refractivity (Wildman–Crippen MR) is 161 cm³/mol. The highest BCUT2D eigenvalue weighted by Crippen LogP contribution is 2.34. The quantitative estimate of drug-likeness (QED) is 0.222. The Morgan fingerprint density at radius 3 is 2.40 bits per heavy atom. The van der Waals surface area contributed by atoms with E-state index in [0.29, 0.717) is 30.4 Å². The first-order chi connectivity index (χ1) is 20.7. The molecule has 0 atom stereocenters. The number of benzene rings is 3. The number of nitrogens with one attached hydrogen (secondary N) is 1. The second kappa shape index (κ2) is 14.8. The lowest BCUT2D eigenvalue weighted by molar-refractivity contribution is -0.128. The van der Waals surface area contributed by atoms with Crippen molar-refractivity contribution in [1.29, 1.82) is 0 Å². The average molecular weight is 593 g/mol. The number of ether oxygens (including phenoxy) is 2. The van der Waals surface area contributed by atoms with Gasteiger partial charge in [0.25, 0.3) is 12.4 Å². The van der Waals surface area contributed by atoms with Crippen LogP contribution >= 0.6 is 0 Å². The number of hydrogen-bond acceptors (Lipinski definition) is 5. The van der Waals surface area contributed by atoms with Gasteiger partial charge in [-0.1, -0.05) is 36.4 Å². The molecule has 0 aromatic heterocycles. The molecule has 1 saturated carbocycles. The summed E-state index contributed by atoms with van der Waals surface area (Å²) < 4.78 is 39.1. The molecule has 7 nitrogen and oxygen atoms in total. The molecule has 3 aromatic carbocycles. The number of hydrogen-bond donors (Lipinski definition) is 2. The number of aryl methyl sites for hydroxylation is 2. The van der Waals surface area contributed by atoms with Crippen molar-refractivity contribution in [2.75, 3.05) is 26.3 Å². The minimum absolute atomic E-state index is 0.00588. The van der Waals surface area contributed by atoms with E-state index < -0.39 is 11.6 Å². The number of halogens is 2. The van der Waals surface area contributed by atoms with Crippen molar-refractivity contribution in [3.05, 3.63) is 99.6 Å². The van der Waals surface area contributed by atoms with Crippen LogP contribution < -0.4 is 14.8 Å². The zero-order chi connectivity index (χ0) is 30.9. The first-order valence-electron chi connectivity index (χ1n) is 14.4. The first kappa shape index (κ1) is 31.7. The summed E-state index contributed by atoms with van der Waals surface area (Å²) in [6, 6.07) is 16.8. The molecule has 1 heterocycles. The summed E-state index contributed by atoms with van der Waals surface area (Å²) in [4.78, 5) is 24.3. The Balaban J connectivity index is 0.00000135. The maximum atomic E-state index is 14.1. The molecule has 1 amide bonds. The SMILES string of the molecule is Cc1cccc(CN(C(=O)C2=C(c3ccc(OCCOc4c(F)ccc(C)c4F)cc3)CCNC2)C2CC2)c1C.O=CO. The van der Waals surface area contributed by atoms with Crippen LogP contribution in [0.15, 0.2) is 60.2 Å². The van der Waals surface area contributed by atoms with Gasteiger partial charge in [0, 0.05) is 24.7 Å². The van der Waals surface area contributed by atoms with E-state index in [4.69, 9.17) is 19.4 Å². The fourth-order valence-corrected chi connectivity index (χ4v) is 5.12. The van der Waals surface area contributed by atoms with E-state index in [2.05, 4.69) is 42.3 Å². The summed E-state index contributed by atoms with van der Waals surface area (Å²) in [5.74, 6) is -1.08. The molecule has 9 heteroatoms. The minimum atomic E-state index is -0.734. The average Bonchev–Trinajstić information content (AvgIpc) is 3.85. The standard InChI is InChI=1S/C33H36F2N2O3.CH2O2/c1-21-5-4-6-25(23(21)3)20-37(26-10-11-26)33(38)29-19-36-16-15-28(29)24-8-12-27(13-9-24)39-17-18-40-32-30(34)14-7-22(2)31(32)35;2-1-3/h4-9,12-14,26,36H,10-11,15-20H2,1-3H3;1H,(H,2,3). The molecular weight excluding hydrogens is 554 g/mol. The Hall–Kier alpha value is -4.24. The minimum Gasteiger partial charge on any atom is -0.490 e. The molecule has 228 valence electrons. The maximum Gasteiger partial charge on any atom is 0.290 e. The van der Waals surface area contributed by atoms with E-state index in [1.165, 1.54) is 28.8 Å². The third kappa shape index (κ3) is 7.99. The van der Waals surface area contributed by atoms with Crippen LogP contribution in [0.3, 0.4) is 0 Å². The van der Waals surface area contributed by atoms with Crippen molar-refractivity contribution < 1.29 is 33.0 Å². The predicted octanol–water partition coefficient (Wildman–Crippen LogP) is 5.99. The molecule has 1 aliphatic carbocycles. The van der Waals surface area contributed by atoms with Crippen molar-refractivity contribution in [3.63, 3.8) is 0 Å². The van der Waals surface area contributed by atoms with Crippen LogP contribution in [-0.2, 0) is 16.1 Å². The summed E-state index contributed by atoms with van der Waals surface area (Å²) in [6.45, 7) is 7.67. The van der Waals surface area contributed by atoms with Crippen LogP contribution in [-0.4, -0.2) is 54.7 Å². The van der Waals surface area contributed by atoms with Gasteiger partial charge in [-0.15, -0.1) is 0 Å². The number of nitrogens with zero attached hydrogens (tertiary/aromatic N) is 1. The Morgan fingerprint density at radius 1 is 1.00 bits per heavy atom. The lowest BCUT2D eigenvalue weighted by Gasteiger charge is -2.29. The van der Waals surface area contributed by atoms with Gasteiger partial charge in [0.2, 0.25) is 0 Å². The molecular formula is C34H38F2N2O5. The number of rotatable bonds is 10. The number of carbonyl (C=O) groups excluding carboxylic acids is 1. The van der Waals surface area contributed by atoms with Gasteiger partial charge < -0.3 is 24.8 Å². The van der Waals surface area contributed by atoms with Gasteiger partial charge in [-0.25, -0.2) is 8.78 Å². The van der Waals surface area contributed by atoms with Gasteiger partial charge >= 0.3 is 0 Å². The lowest BCUT2D eigenvalue weighted by Crippen LogP contribution is -2.39. The summed E-state index contributed by atoms with van der Waals surface area (Å²) in [5, 5.41) is 10.3. The highest BCUT2D eigenvalue weighted by atomic mass is 19.1. The van der Waals surface area contributed by atoms with Crippen LogP contribution in [0.4, 0.5) is 8.78 Å². The van der Waals surface area contributed by atoms with Crippen molar-refractivity contribution in [2.45, 2.75) is 52.6 Å². The van der Waals surface area contributed by atoms with Gasteiger partial charge in [-0.3, -0.25) is 9.59 Å². The van der Waals surface area contributed by atoms with E-state index in [0.717, 1.165) is 42.5 Å². The van der Waals surface area contributed by atoms with Crippen molar-refractivity contribution in [1.82, 2.24) is 10.2 Å². The third-order valence-electron chi connectivity index (χ3n) is 7.83. The van der Waals surface area contributed by atoms with E-state index in [9.17, 15) is 13.6 Å². The molecule has 0 spiro atoms. The van der Waals surface area contributed by atoms with Crippen LogP contribution in [0, 0.1) is 32.4 Å². The van der Waals surface area contributed by atoms with E-state index >= 15 is 0 Å². The first-order valence-corrected chi connectivity index (χ1v) is 14.4. The summed E-state index contributed by atoms with van der Waals surface area (Å²) >= 11 is 0. The second-order valence-electron chi connectivity index (χ2n) is 10.7. The third-order valence-corrected chi connectivity index (χ3v) is 7.83. The fraction of sp³-hybridized carbons (Fsp3) is 0.353. The summed E-state index contributed by atoms with van der Waals surface area (Å²) in [7, 11) is 0. The molecule has 2 aliphatic rings. The zero-order valence-electron chi connectivity index (χ0n) is 24.8. The second-order valence-corrected chi connectivity index (χ2v) is 10.7. The zero-order valence-corrected chi connectivity index (χ0v) is 24.8. The van der Waals surface area contributed by atoms with Crippen LogP contribution in [0.2, 0.25) is 0 Å². The largest absolute Gasteiger partial charge is 0.490 e. The molecule has 2 N–H and O–H groups in total. The summed E-state index contributed by atoms with van der Waals surface area (Å²) in [5.41, 5.74) is 6.90. The fourth-order valence-electron chi connectivity index (χ4n) is 5.12. The van der Waals surface area contributed by atoms with Gasteiger partial charge in [0.05, 0.1) is 0 Å². The van der Waals surface area contributed by atoms with Gasteiger partial charge in [-0.2, -0.15) is 0 Å². The number of carboxylic acid groups (broad SMARTS) is 1. The Bertz CT molecular complexity index is 1470. The molecule has 1 fully saturated rings. The van der Waals surface area contributed by atoms with Crippen molar-refractivity contribution in [2.24, 2.45) is 0 Å². The summed E-state index contributed by atoms with van der Waals surface area (Å²) in [6.07, 6.45) is 2.86. The molecule has 5 rings (SSSR count). The highest BCUT2D eigenvalue weighted by Gasteiger charge is 2.35. The Morgan fingerprint density at radius 2 is 1.70 bits per heavy atom. The van der Waals surface area contributed by atoms with Crippen molar-refractivity contribution in [3.8, 4) is 11.5 Å². The van der Waals surface area contributed by atoms with E-state index in [1.807, 2.05) is 24.3 Å². The van der Waals surface area contributed by atoms with Crippen LogP contribution in [0.25, 0.3) is 5.57 Å². The number of amides is 1. The molecule has 0 saturated heterocycles. The molecule has 1 aliphatic heterocycles. The van der Waals surface area contributed by atoms with Crippen molar-refractivity contribution >= 4 is 18.0 Å². The van der Waals surface area contributed by atoms with Crippen LogP contribution in [0.1, 0.15) is 47.1 Å². The van der Waals surface area contributed by atoms with E-state index in [-0.39, 0.29) is 31.3 Å². The smallest absolute Gasteiger partial charge is 0.290 e. The van der Waals surface area contributed by atoms with Gasteiger partial charge in [0.1, 0.15) is 19.0 Å². The molecule has 0 bridgehead atoms. The van der Waals surface area contributed by atoms with E-state index in [1.54, 1.807) is 6.92 Å². The van der Waals surface area contributed by atoms with Crippen LogP contribution in [0.5, 0.6) is 11.5 Å². The van der Waals surface area contributed by atoms with Gasteiger partial charge in [-0.05, 0) is 98.2 Å². The highest BCUT2D eigenvalue weighted by molar-refractivity contribution is 6.02. The monoisotopic (exact) mass is 592 g/mol. The molecule has 3 aromatic rings. The lowest BCUT2D eigenvalue weighted by atomic mass is 9.93. The molecule has 0 unspecified atom stereocenters. The molecule has 0 radical (unpaired) electrons. The maximum absolute atomic E-state index is 14.1. The normalized spacial score (nSPS) is 14.4. The number of carbonyl (C=O) groups is 2. The Labute approximate surface area is 251 Å². The Kier molecular flexibility index (Phi) is 10.9. The molecule has 43 heavy (non-hydrogen) atoms. The topological polar surface area (TPSA) is 88.1 Å².